The van der Waals surface area contributed by atoms with Gasteiger partial charge in [0.05, 0.1) is 0 Å². The molecule has 0 spiro atoms. The molecule has 1 rings (SSSR count). The molecule has 1 unspecified atom stereocenters. The van der Waals surface area contributed by atoms with Crippen LogP contribution < -0.4 is 15.8 Å². The first-order valence-corrected chi connectivity index (χ1v) is 7.64. The highest BCUT2D eigenvalue weighted by Gasteiger charge is 2.23. The van der Waals surface area contributed by atoms with Crippen molar-refractivity contribution in [2.24, 2.45) is 5.73 Å². The third-order valence-corrected chi connectivity index (χ3v) is 3.84. The number of carbonyl (C=O) groups excluding carboxylic acids is 1. The zero-order valence-electron chi connectivity index (χ0n) is 13.2. The van der Waals surface area contributed by atoms with Crippen molar-refractivity contribution >= 4 is 17.5 Å². The maximum absolute atomic E-state index is 12.2. The molecule has 3 N–H and O–H groups in total. The molecular weight excluding hydrogens is 288 g/mol. The van der Waals surface area contributed by atoms with Crippen LogP contribution in [0, 0.1) is 0 Å². The minimum Gasteiger partial charge on any atom is -0.481 e. The number of amides is 1. The van der Waals surface area contributed by atoms with Gasteiger partial charge in [-0.05, 0) is 52.3 Å². The van der Waals surface area contributed by atoms with Gasteiger partial charge in [0.25, 0.3) is 5.91 Å². The smallest absolute Gasteiger partial charge is 0.261 e. The number of rotatable bonds is 7. The Hall–Kier alpha value is -1.26. The van der Waals surface area contributed by atoms with Crippen LogP contribution in [0.3, 0.4) is 0 Å². The molecule has 1 amide bonds. The molecule has 1 aromatic carbocycles. The van der Waals surface area contributed by atoms with Gasteiger partial charge >= 0.3 is 0 Å². The van der Waals surface area contributed by atoms with E-state index in [1.54, 1.807) is 19.1 Å². The number of nitrogens with one attached hydrogen (secondary N) is 1. The number of halogens is 1. The van der Waals surface area contributed by atoms with Crippen LogP contribution in [-0.2, 0) is 11.2 Å². The summed E-state index contributed by atoms with van der Waals surface area (Å²) in [6.45, 7) is 8.20. The lowest BCUT2D eigenvalue weighted by molar-refractivity contribution is -0.129. The Kier molecular flexibility index (Phi) is 6.49. The molecule has 5 heteroatoms. The SMILES string of the molecule is CCC(C)(C)NC(=O)C(C)Oc1cccc(Cl)c1CCN. The summed E-state index contributed by atoms with van der Waals surface area (Å²) in [6, 6.07) is 5.41. The topological polar surface area (TPSA) is 64.3 Å². The second-order valence-electron chi connectivity index (χ2n) is 5.74. The Balaban J connectivity index is 2.81. The van der Waals surface area contributed by atoms with Gasteiger partial charge in [0.1, 0.15) is 5.75 Å². The number of carbonyl (C=O) groups is 1. The molecule has 0 saturated heterocycles. The van der Waals surface area contributed by atoms with Crippen LogP contribution in [0.1, 0.15) is 39.7 Å². The van der Waals surface area contributed by atoms with Gasteiger partial charge in [0.2, 0.25) is 0 Å². The van der Waals surface area contributed by atoms with Crippen LogP contribution >= 0.6 is 11.6 Å². The first kappa shape index (κ1) is 17.8. The monoisotopic (exact) mass is 312 g/mol. The quantitative estimate of drug-likeness (QED) is 0.813. The molecule has 1 aromatic rings. The molecule has 118 valence electrons. The van der Waals surface area contributed by atoms with Crippen LogP contribution in [0.2, 0.25) is 5.02 Å². The van der Waals surface area contributed by atoms with Gasteiger partial charge in [-0.25, -0.2) is 0 Å². The number of ether oxygens (including phenoxy) is 1. The Morgan fingerprint density at radius 2 is 2.14 bits per heavy atom. The third-order valence-electron chi connectivity index (χ3n) is 3.49. The molecule has 0 fully saturated rings. The predicted molar refractivity (Wildman–Crippen MR) is 86.8 cm³/mol. The van der Waals surface area contributed by atoms with Crippen molar-refractivity contribution in [3.63, 3.8) is 0 Å². The normalized spacial score (nSPS) is 12.9. The highest BCUT2D eigenvalue weighted by molar-refractivity contribution is 6.31. The molecule has 0 bridgehead atoms. The molecule has 4 nitrogen and oxygen atoms in total. The summed E-state index contributed by atoms with van der Waals surface area (Å²) in [4.78, 5) is 12.2. The van der Waals surface area contributed by atoms with E-state index in [1.807, 2.05) is 26.8 Å². The van der Waals surface area contributed by atoms with E-state index >= 15 is 0 Å². The van der Waals surface area contributed by atoms with Crippen LogP contribution in [0.4, 0.5) is 0 Å². The van der Waals surface area contributed by atoms with Crippen LogP contribution in [0.5, 0.6) is 5.75 Å². The average Bonchev–Trinajstić information content (AvgIpc) is 2.42. The van der Waals surface area contributed by atoms with Crippen molar-refractivity contribution in [3.05, 3.63) is 28.8 Å². The summed E-state index contributed by atoms with van der Waals surface area (Å²) in [5.41, 5.74) is 6.19. The first-order valence-electron chi connectivity index (χ1n) is 7.27. The Morgan fingerprint density at radius 3 is 2.71 bits per heavy atom. The summed E-state index contributed by atoms with van der Waals surface area (Å²) in [5.74, 6) is 0.477. The van der Waals surface area contributed by atoms with Crippen molar-refractivity contribution in [1.29, 1.82) is 0 Å². The maximum Gasteiger partial charge on any atom is 0.261 e. The predicted octanol–water partition coefficient (Wildman–Crippen LogP) is 2.91. The Labute approximate surface area is 132 Å². The van der Waals surface area contributed by atoms with E-state index in [2.05, 4.69) is 5.32 Å². The fraction of sp³-hybridized carbons (Fsp3) is 0.562. The zero-order valence-corrected chi connectivity index (χ0v) is 14.0. The van der Waals surface area contributed by atoms with Crippen LogP contribution in [-0.4, -0.2) is 24.1 Å². The first-order chi connectivity index (χ1) is 9.80. The molecule has 0 radical (unpaired) electrons. The van der Waals surface area contributed by atoms with Crippen molar-refractivity contribution in [2.45, 2.75) is 52.2 Å². The van der Waals surface area contributed by atoms with E-state index in [0.29, 0.717) is 23.7 Å². The third kappa shape index (κ3) is 5.21. The summed E-state index contributed by atoms with van der Waals surface area (Å²) in [7, 11) is 0. The lowest BCUT2D eigenvalue weighted by Crippen LogP contribution is -2.48. The standard InChI is InChI=1S/C16H25ClN2O2/c1-5-16(3,4)19-15(20)11(2)21-14-8-6-7-13(17)12(14)9-10-18/h6-8,11H,5,9-10,18H2,1-4H3,(H,19,20). The van der Waals surface area contributed by atoms with E-state index in [1.165, 1.54) is 0 Å². The van der Waals surface area contributed by atoms with Crippen molar-refractivity contribution < 1.29 is 9.53 Å². The summed E-state index contributed by atoms with van der Waals surface area (Å²) in [5, 5.41) is 3.58. The molecular formula is C16H25ClN2O2. The number of hydrogen-bond acceptors (Lipinski definition) is 3. The Morgan fingerprint density at radius 1 is 1.48 bits per heavy atom. The van der Waals surface area contributed by atoms with Gasteiger partial charge in [-0.3, -0.25) is 4.79 Å². The highest BCUT2D eigenvalue weighted by atomic mass is 35.5. The number of hydrogen-bond donors (Lipinski definition) is 2. The van der Waals surface area contributed by atoms with E-state index in [0.717, 1.165) is 12.0 Å². The largest absolute Gasteiger partial charge is 0.481 e. The fourth-order valence-electron chi connectivity index (χ4n) is 1.80. The summed E-state index contributed by atoms with van der Waals surface area (Å²) in [6.07, 6.45) is 0.871. The second kappa shape index (κ2) is 7.66. The molecule has 0 saturated carbocycles. The minimum atomic E-state index is -0.592. The van der Waals surface area contributed by atoms with Gasteiger partial charge in [-0.2, -0.15) is 0 Å². The average molecular weight is 313 g/mol. The summed E-state index contributed by atoms with van der Waals surface area (Å²) >= 11 is 6.16. The second-order valence-corrected chi connectivity index (χ2v) is 6.15. The van der Waals surface area contributed by atoms with E-state index < -0.39 is 6.10 Å². The van der Waals surface area contributed by atoms with Crippen molar-refractivity contribution in [3.8, 4) is 5.75 Å². The van der Waals surface area contributed by atoms with Crippen molar-refractivity contribution in [2.75, 3.05) is 6.54 Å². The van der Waals surface area contributed by atoms with Crippen molar-refractivity contribution in [1.82, 2.24) is 5.32 Å². The van der Waals surface area contributed by atoms with Gasteiger partial charge < -0.3 is 15.8 Å². The zero-order chi connectivity index (χ0) is 16.0. The lowest BCUT2D eigenvalue weighted by atomic mass is 10.0. The Bertz CT molecular complexity index is 489. The molecule has 0 heterocycles. The maximum atomic E-state index is 12.2. The van der Waals surface area contributed by atoms with E-state index in [-0.39, 0.29) is 11.4 Å². The molecule has 1 atom stereocenters. The molecule has 21 heavy (non-hydrogen) atoms. The minimum absolute atomic E-state index is 0.138. The van der Waals surface area contributed by atoms with Gasteiger partial charge in [0.15, 0.2) is 6.10 Å². The highest BCUT2D eigenvalue weighted by Crippen LogP contribution is 2.27. The van der Waals surface area contributed by atoms with Crippen LogP contribution in [0.15, 0.2) is 18.2 Å². The molecule has 0 aliphatic carbocycles. The van der Waals surface area contributed by atoms with Gasteiger partial charge in [0, 0.05) is 16.1 Å². The van der Waals surface area contributed by atoms with E-state index in [4.69, 9.17) is 22.1 Å². The number of nitrogens with two attached hydrogens (primary N) is 1. The molecule has 0 aliphatic heterocycles. The molecule has 0 aliphatic rings. The van der Waals surface area contributed by atoms with Gasteiger partial charge in [-0.1, -0.05) is 24.6 Å². The van der Waals surface area contributed by atoms with E-state index in [9.17, 15) is 4.79 Å². The number of benzene rings is 1. The fourth-order valence-corrected chi connectivity index (χ4v) is 2.06. The van der Waals surface area contributed by atoms with Gasteiger partial charge in [-0.15, -0.1) is 0 Å². The lowest BCUT2D eigenvalue weighted by Gasteiger charge is -2.27. The van der Waals surface area contributed by atoms with Crippen LogP contribution in [0.25, 0.3) is 0 Å². The summed E-state index contributed by atoms with van der Waals surface area (Å²) < 4.78 is 5.78. The molecule has 0 aromatic heterocycles.